The second-order valence-electron chi connectivity index (χ2n) is 7.01. The van der Waals surface area contributed by atoms with Crippen molar-refractivity contribution < 1.29 is 19.1 Å². The topological polar surface area (TPSA) is 88.4 Å². The van der Waals surface area contributed by atoms with Gasteiger partial charge in [0.05, 0.1) is 18.7 Å². The lowest BCUT2D eigenvalue weighted by atomic mass is 9.77. The molecule has 1 N–H and O–H groups in total. The normalized spacial score (nSPS) is 12.7. The fourth-order valence-electron chi connectivity index (χ4n) is 2.22. The van der Waals surface area contributed by atoms with Gasteiger partial charge in [-0.15, -0.1) is 0 Å². The predicted octanol–water partition coefficient (Wildman–Crippen LogP) is 2.90. The van der Waals surface area contributed by atoms with E-state index in [0.717, 1.165) is 5.56 Å². The van der Waals surface area contributed by atoms with Gasteiger partial charge in [-0.25, -0.2) is 9.59 Å². The first-order chi connectivity index (χ1) is 11.0. The van der Waals surface area contributed by atoms with Gasteiger partial charge in [0.1, 0.15) is 11.6 Å². The van der Waals surface area contributed by atoms with Gasteiger partial charge in [0, 0.05) is 5.41 Å². The molecule has 0 aliphatic rings. The third-order valence-electron chi connectivity index (χ3n) is 3.58. The van der Waals surface area contributed by atoms with E-state index in [-0.39, 0.29) is 0 Å². The molecule has 6 heteroatoms. The SMILES string of the molecule is COC(=O)C(NC(=O)OC(C)(C)C)C(C)(C)c1ccc(C#N)cc1. The lowest BCUT2D eigenvalue weighted by Gasteiger charge is -2.34. The van der Waals surface area contributed by atoms with E-state index in [2.05, 4.69) is 5.32 Å². The van der Waals surface area contributed by atoms with Crippen molar-refractivity contribution in [2.24, 2.45) is 0 Å². The number of nitrogens with one attached hydrogen (secondary N) is 1. The average Bonchev–Trinajstić information content (AvgIpc) is 2.50. The molecular weight excluding hydrogens is 308 g/mol. The number of amides is 1. The number of carbonyl (C=O) groups excluding carboxylic acids is 2. The molecule has 1 atom stereocenters. The molecule has 0 fully saturated rings. The van der Waals surface area contributed by atoms with Gasteiger partial charge in [-0.3, -0.25) is 0 Å². The van der Waals surface area contributed by atoms with Crippen LogP contribution in [0.15, 0.2) is 24.3 Å². The van der Waals surface area contributed by atoms with Crippen LogP contribution in [0.3, 0.4) is 0 Å². The molecule has 1 amide bonds. The maximum atomic E-state index is 12.2. The Kier molecular flexibility index (Phi) is 5.97. The number of ether oxygens (including phenoxy) is 2. The highest BCUT2D eigenvalue weighted by atomic mass is 16.6. The smallest absolute Gasteiger partial charge is 0.408 e. The number of benzene rings is 1. The Labute approximate surface area is 142 Å². The van der Waals surface area contributed by atoms with E-state index in [1.165, 1.54) is 7.11 Å². The van der Waals surface area contributed by atoms with Crippen LogP contribution in [-0.4, -0.2) is 30.8 Å². The van der Waals surface area contributed by atoms with E-state index < -0.39 is 29.1 Å². The fourth-order valence-corrected chi connectivity index (χ4v) is 2.22. The molecule has 1 unspecified atom stereocenters. The van der Waals surface area contributed by atoms with Gasteiger partial charge in [-0.1, -0.05) is 26.0 Å². The van der Waals surface area contributed by atoms with E-state index in [0.29, 0.717) is 5.56 Å². The van der Waals surface area contributed by atoms with Crippen molar-refractivity contribution in [3.05, 3.63) is 35.4 Å². The number of hydrogen-bond acceptors (Lipinski definition) is 5. The molecular formula is C18H24N2O4. The summed E-state index contributed by atoms with van der Waals surface area (Å²) in [6.07, 6.45) is -0.695. The van der Waals surface area contributed by atoms with Gasteiger partial charge < -0.3 is 14.8 Å². The number of alkyl carbamates (subject to hydrolysis) is 1. The zero-order valence-electron chi connectivity index (χ0n) is 15.0. The number of esters is 1. The molecule has 0 aliphatic carbocycles. The van der Waals surface area contributed by atoms with E-state index in [4.69, 9.17) is 14.7 Å². The first-order valence-electron chi connectivity index (χ1n) is 7.59. The van der Waals surface area contributed by atoms with Gasteiger partial charge >= 0.3 is 12.1 Å². The Morgan fingerprint density at radius 1 is 1.12 bits per heavy atom. The largest absolute Gasteiger partial charge is 0.467 e. The molecule has 0 radical (unpaired) electrons. The van der Waals surface area contributed by atoms with Crippen molar-refractivity contribution in [2.75, 3.05) is 7.11 Å². The summed E-state index contributed by atoms with van der Waals surface area (Å²) in [4.78, 5) is 24.3. The standard InChI is InChI=1S/C18H24N2O4/c1-17(2,3)24-16(22)20-14(15(21)23-6)18(4,5)13-9-7-12(11-19)8-10-13/h7-10,14H,1-6H3,(H,20,22). The summed E-state index contributed by atoms with van der Waals surface area (Å²) in [6.45, 7) is 8.85. The van der Waals surface area contributed by atoms with Crippen LogP contribution in [0.1, 0.15) is 45.7 Å². The van der Waals surface area contributed by atoms with E-state index in [1.54, 1.807) is 45.0 Å². The highest BCUT2D eigenvalue weighted by molar-refractivity contribution is 5.83. The van der Waals surface area contributed by atoms with Gasteiger partial charge in [-0.2, -0.15) is 5.26 Å². The van der Waals surface area contributed by atoms with Gasteiger partial charge in [0.25, 0.3) is 0 Å². The summed E-state index contributed by atoms with van der Waals surface area (Å²) in [7, 11) is 1.26. The maximum absolute atomic E-state index is 12.2. The van der Waals surface area contributed by atoms with E-state index in [9.17, 15) is 9.59 Å². The number of carbonyl (C=O) groups is 2. The average molecular weight is 332 g/mol. The van der Waals surface area contributed by atoms with Gasteiger partial charge in [-0.05, 0) is 38.5 Å². The second kappa shape index (κ2) is 7.35. The first kappa shape index (κ1) is 19.5. The van der Waals surface area contributed by atoms with E-state index >= 15 is 0 Å². The number of methoxy groups -OCH3 is 1. The van der Waals surface area contributed by atoms with Crippen molar-refractivity contribution in [3.63, 3.8) is 0 Å². The van der Waals surface area contributed by atoms with Gasteiger partial charge in [0.2, 0.25) is 0 Å². The molecule has 0 aliphatic heterocycles. The number of nitriles is 1. The summed E-state index contributed by atoms with van der Waals surface area (Å²) < 4.78 is 10.1. The van der Waals surface area contributed by atoms with Crippen LogP contribution in [0.2, 0.25) is 0 Å². The third kappa shape index (κ3) is 4.98. The van der Waals surface area contributed by atoms with Crippen molar-refractivity contribution >= 4 is 12.1 Å². The molecule has 0 saturated carbocycles. The summed E-state index contributed by atoms with van der Waals surface area (Å²) in [6, 6.07) is 7.95. The van der Waals surface area contributed by atoms with Crippen LogP contribution < -0.4 is 5.32 Å². The quantitative estimate of drug-likeness (QED) is 0.856. The minimum Gasteiger partial charge on any atom is -0.467 e. The van der Waals surface area contributed by atoms with Crippen LogP contribution in [-0.2, 0) is 19.7 Å². The molecule has 1 aromatic carbocycles. The lowest BCUT2D eigenvalue weighted by molar-refractivity contribution is -0.144. The Morgan fingerprint density at radius 2 is 1.67 bits per heavy atom. The fraction of sp³-hybridized carbons (Fsp3) is 0.500. The maximum Gasteiger partial charge on any atom is 0.408 e. The van der Waals surface area contributed by atoms with Gasteiger partial charge in [0.15, 0.2) is 0 Å². The van der Waals surface area contributed by atoms with Crippen molar-refractivity contribution in [3.8, 4) is 6.07 Å². The van der Waals surface area contributed by atoms with Crippen LogP contribution in [0, 0.1) is 11.3 Å². The summed E-state index contributed by atoms with van der Waals surface area (Å²) in [5.74, 6) is -0.574. The summed E-state index contributed by atoms with van der Waals surface area (Å²) in [5.41, 5.74) is -0.140. The van der Waals surface area contributed by atoms with Crippen molar-refractivity contribution in [1.82, 2.24) is 5.32 Å². The van der Waals surface area contributed by atoms with Crippen LogP contribution in [0.4, 0.5) is 4.79 Å². The lowest BCUT2D eigenvalue weighted by Crippen LogP contribution is -2.53. The molecule has 1 rings (SSSR count). The predicted molar refractivity (Wildman–Crippen MR) is 89.4 cm³/mol. The minimum absolute atomic E-state index is 0.518. The van der Waals surface area contributed by atoms with Crippen LogP contribution in [0.25, 0.3) is 0 Å². The summed E-state index contributed by atoms with van der Waals surface area (Å²) in [5, 5.41) is 11.5. The Bertz CT molecular complexity index is 636. The van der Waals surface area contributed by atoms with Crippen molar-refractivity contribution in [2.45, 2.75) is 51.7 Å². The minimum atomic E-state index is -0.940. The zero-order valence-corrected chi connectivity index (χ0v) is 15.0. The molecule has 0 spiro atoms. The highest BCUT2D eigenvalue weighted by Crippen LogP contribution is 2.28. The molecule has 24 heavy (non-hydrogen) atoms. The number of hydrogen-bond donors (Lipinski definition) is 1. The molecule has 1 aromatic rings. The molecule has 0 heterocycles. The monoisotopic (exact) mass is 332 g/mol. The molecule has 6 nitrogen and oxygen atoms in total. The Hall–Kier alpha value is -2.55. The zero-order chi connectivity index (χ0) is 18.5. The molecule has 0 saturated heterocycles. The summed E-state index contributed by atoms with van der Waals surface area (Å²) >= 11 is 0. The number of rotatable bonds is 4. The molecule has 0 aromatic heterocycles. The Morgan fingerprint density at radius 3 is 2.08 bits per heavy atom. The van der Waals surface area contributed by atoms with Crippen molar-refractivity contribution in [1.29, 1.82) is 5.26 Å². The first-order valence-corrected chi connectivity index (χ1v) is 7.59. The molecule has 0 bridgehead atoms. The number of nitrogens with zero attached hydrogens (tertiary/aromatic N) is 1. The third-order valence-corrected chi connectivity index (χ3v) is 3.58. The molecule has 130 valence electrons. The second-order valence-corrected chi connectivity index (χ2v) is 7.01. The highest BCUT2D eigenvalue weighted by Gasteiger charge is 2.39. The van der Waals surface area contributed by atoms with Crippen LogP contribution >= 0.6 is 0 Å². The Balaban J connectivity index is 3.11. The van der Waals surface area contributed by atoms with E-state index in [1.807, 2.05) is 19.9 Å². The van der Waals surface area contributed by atoms with Crippen LogP contribution in [0.5, 0.6) is 0 Å².